The quantitative estimate of drug-likeness (QED) is 0.517. The molecular weight excluding hydrogens is 248 g/mol. The van der Waals surface area contributed by atoms with Crippen molar-refractivity contribution >= 4 is 12.1 Å². The highest BCUT2D eigenvalue weighted by atomic mass is 16.1. The number of aldehydes is 1. The van der Waals surface area contributed by atoms with Crippen molar-refractivity contribution in [1.29, 1.82) is 0 Å². The minimum atomic E-state index is 0.128. The van der Waals surface area contributed by atoms with Gasteiger partial charge in [0, 0.05) is 18.8 Å². The van der Waals surface area contributed by atoms with Crippen molar-refractivity contribution in [2.24, 2.45) is 22.7 Å². The van der Waals surface area contributed by atoms with E-state index in [4.69, 9.17) is 0 Å². The Balaban J connectivity index is 2.85. The summed E-state index contributed by atoms with van der Waals surface area (Å²) < 4.78 is 0. The molecular formula is C18H32O2. The molecule has 0 amide bonds. The molecule has 1 rings (SSSR count). The van der Waals surface area contributed by atoms with Crippen LogP contribution in [0.2, 0.25) is 0 Å². The van der Waals surface area contributed by atoms with Crippen LogP contribution in [-0.2, 0) is 9.59 Å². The summed E-state index contributed by atoms with van der Waals surface area (Å²) in [7, 11) is 0. The van der Waals surface area contributed by atoms with Gasteiger partial charge in [-0.05, 0) is 42.4 Å². The molecule has 0 spiro atoms. The fraction of sp³-hybridized carbons (Fsp3) is 0.889. The lowest BCUT2D eigenvalue weighted by atomic mass is 9.74. The van der Waals surface area contributed by atoms with E-state index in [2.05, 4.69) is 20.8 Å². The van der Waals surface area contributed by atoms with Gasteiger partial charge in [-0.2, -0.15) is 0 Å². The molecule has 0 aromatic rings. The normalized spacial score (nSPS) is 34.8. The van der Waals surface area contributed by atoms with Crippen LogP contribution in [0.4, 0.5) is 0 Å². The molecule has 2 heteroatoms. The summed E-state index contributed by atoms with van der Waals surface area (Å²) in [5, 5.41) is 0. The summed E-state index contributed by atoms with van der Waals surface area (Å²) in [4.78, 5) is 23.1. The van der Waals surface area contributed by atoms with Gasteiger partial charge >= 0.3 is 0 Å². The maximum atomic E-state index is 12.2. The van der Waals surface area contributed by atoms with Crippen molar-refractivity contribution in [3.63, 3.8) is 0 Å². The molecule has 0 heterocycles. The Kier molecular flexibility index (Phi) is 5.97. The van der Waals surface area contributed by atoms with Crippen molar-refractivity contribution < 1.29 is 9.59 Å². The number of hydrogen-bond donors (Lipinski definition) is 0. The Hall–Kier alpha value is -0.660. The Morgan fingerprint density at radius 1 is 1.20 bits per heavy atom. The monoisotopic (exact) mass is 280 g/mol. The second kappa shape index (κ2) is 6.87. The number of carbonyl (C=O) groups is 2. The van der Waals surface area contributed by atoms with Gasteiger partial charge in [0.15, 0.2) is 0 Å². The smallest absolute Gasteiger partial charge is 0.135 e. The van der Waals surface area contributed by atoms with E-state index in [1.165, 1.54) is 0 Å². The van der Waals surface area contributed by atoms with Crippen molar-refractivity contribution in [1.82, 2.24) is 0 Å². The fourth-order valence-electron chi connectivity index (χ4n) is 3.73. The molecule has 0 aromatic heterocycles. The zero-order valence-corrected chi connectivity index (χ0v) is 14.0. The predicted molar refractivity (Wildman–Crippen MR) is 83.6 cm³/mol. The highest BCUT2D eigenvalue weighted by Crippen LogP contribution is 2.49. The van der Waals surface area contributed by atoms with Crippen LogP contribution in [0.15, 0.2) is 0 Å². The molecule has 0 aliphatic heterocycles. The van der Waals surface area contributed by atoms with Gasteiger partial charge in [0.05, 0.1) is 0 Å². The van der Waals surface area contributed by atoms with Crippen LogP contribution in [0.3, 0.4) is 0 Å². The van der Waals surface area contributed by atoms with Crippen LogP contribution >= 0.6 is 0 Å². The predicted octanol–water partition coefficient (Wildman–Crippen LogP) is 4.80. The van der Waals surface area contributed by atoms with E-state index in [9.17, 15) is 9.59 Å². The third kappa shape index (κ3) is 4.71. The Bertz CT molecular complexity index is 347. The van der Waals surface area contributed by atoms with Gasteiger partial charge in [0.1, 0.15) is 12.1 Å². The lowest BCUT2D eigenvalue weighted by molar-refractivity contribution is -0.124. The molecule has 116 valence electrons. The maximum absolute atomic E-state index is 12.2. The van der Waals surface area contributed by atoms with Gasteiger partial charge in [-0.15, -0.1) is 0 Å². The maximum Gasteiger partial charge on any atom is 0.135 e. The minimum absolute atomic E-state index is 0.128. The van der Waals surface area contributed by atoms with Gasteiger partial charge in [-0.1, -0.05) is 41.0 Å². The minimum Gasteiger partial charge on any atom is -0.303 e. The van der Waals surface area contributed by atoms with Crippen molar-refractivity contribution in [3.05, 3.63) is 0 Å². The second-order valence-electron chi connectivity index (χ2n) is 7.97. The Morgan fingerprint density at radius 2 is 1.75 bits per heavy atom. The summed E-state index contributed by atoms with van der Waals surface area (Å²) in [5.41, 5.74) is 0.268. The summed E-state index contributed by atoms with van der Waals surface area (Å²) in [5.74, 6) is 1.17. The molecule has 3 unspecified atom stereocenters. The standard InChI is InChI=1S/C18H32O2/c1-6-15-11-17(4,9-10-19)7-8-18(5,12-15)13-16(20)14(2)3/h10,14-15H,6-9,11-13H2,1-5H3. The summed E-state index contributed by atoms with van der Waals surface area (Å²) in [6, 6.07) is 0. The molecule has 0 bridgehead atoms. The highest BCUT2D eigenvalue weighted by molar-refractivity contribution is 5.80. The molecule has 1 aliphatic carbocycles. The van der Waals surface area contributed by atoms with Crippen LogP contribution in [0.25, 0.3) is 0 Å². The van der Waals surface area contributed by atoms with Gasteiger partial charge in [0.2, 0.25) is 0 Å². The van der Waals surface area contributed by atoms with E-state index in [0.29, 0.717) is 24.5 Å². The first kappa shape index (κ1) is 17.4. The molecule has 0 saturated heterocycles. The van der Waals surface area contributed by atoms with Crippen LogP contribution in [0.1, 0.15) is 79.6 Å². The Morgan fingerprint density at radius 3 is 2.25 bits per heavy atom. The topological polar surface area (TPSA) is 34.1 Å². The first-order valence-electron chi connectivity index (χ1n) is 8.20. The molecule has 0 aromatic carbocycles. The molecule has 2 nitrogen and oxygen atoms in total. The van der Waals surface area contributed by atoms with E-state index < -0.39 is 0 Å². The summed E-state index contributed by atoms with van der Waals surface area (Å²) in [6.07, 6.45) is 8.02. The molecule has 0 radical (unpaired) electrons. The lowest BCUT2D eigenvalue weighted by Crippen LogP contribution is -2.25. The van der Waals surface area contributed by atoms with Crippen LogP contribution < -0.4 is 0 Å². The van der Waals surface area contributed by atoms with Gasteiger partial charge in [0.25, 0.3) is 0 Å². The third-order valence-electron chi connectivity index (χ3n) is 5.29. The third-order valence-corrected chi connectivity index (χ3v) is 5.29. The SMILES string of the molecule is CCC1CC(C)(CC=O)CCC(C)(CC(=O)C(C)C)C1. The molecule has 1 fully saturated rings. The van der Waals surface area contributed by atoms with Gasteiger partial charge in [-0.25, -0.2) is 0 Å². The number of carbonyl (C=O) groups excluding carboxylic acids is 2. The summed E-state index contributed by atoms with van der Waals surface area (Å²) >= 11 is 0. The highest BCUT2D eigenvalue weighted by Gasteiger charge is 2.39. The van der Waals surface area contributed by atoms with Crippen molar-refractivity contribution in [3.8, 4) is 0 Å². The van der Waals surface area contributed by atoms with E-state index >= 15 is 0 Å². The van der Waals surface area contributed by atoms with E-state index in [1.807, 2.05) is 13.8 Å². The first-order chi connectivity index (χ1) is 9.23. The summed E-state index contributed by atoms with van der Waals surface area (Å²) in [6.45, 7) is 10.8. The Labute approximate surface area is 124 Å². The van der Waals surface area contributed by atoms with Crippen LogP contribution in [0, 0.1) is 22.7 Å². The average molecular weight is 280 g/mol. The van der Waals surface area contributed by atoms with Crippen molar-refractivity contribution in [2.75, 3.05) is 0 Å². The second-order valence-corrected chi connectivity index (χ2v) is 7.97. The number of Topliss-reactive ketones (excluding diaryl/α,β-unsaturated/α-hetero) is 1. The van der Waals surface area contributed by atoms with E-state index in [1.54, 1.807) is 0 Å². The van der Waals surface area contributed by atoms with E-state index in [-0.39, 0.29) is 16.7 Å². The van der Waals surface area contributed by atoms with Gasteiger partial charge in [-0.3, -0.25) is 4.79 Å². The average Bonchev–Trinajstić information content (AvgIpc) is 2.47. The lowest BCUT2D eigenvalue weighted by Gasteiger charge is -2.30. The molecule has 1 aliphatic rings. The zero-order chi connectivity index (χ0) is 15.4. The number of rotatable bonds is 6. The largest absolute Gasteiger partial charge is 0.303 e. The fourth-order valence-corrected chi connectivity index (χ4v) is 3.73. The van der Waals surface area contributed by atoms with Gasteiger partial charge < -0.3 is 4.79 Å². The molecule has 20 heavy (non-hydrogen) atoms. The van der Waals surface area contributed by atoms with E-state index in [0.717, 1.165) is 38.4 Å². The van der Waals surface area contributed by atoms with Crippen LogP contribution in [-0.4, -0.2) is 12.1 Å². The first-order valence-corrected chi connectivity index (χ1v) is 8.20. The number of ketones is 1. The van der Waals surface area contributed by atoms with Crippen LogP contribution in [0.5, 0.6) is 0 Å². The molecule has 3 atom stereocenters. The molecule has 0 N–H and O–H groups in total. The molecule has 1 saturated carbocycles. The number of hydrogen-bond acceptors (Lipinski definition) is 2. The van der Waals surface area contributed by atoms with Crippen molar-refractivity contribution in [2.45, 2.75) is 79.6 Å². The zero-order valence-electron chi connectivity index (χ0n) is 14.0.